The average molecular weight is 467 g/mol. The van der Waals surface area contributed by atoms with E-state index in [1.54, 1.807) is 34.2 Å². The van der Waals surface area contributed by atoms with Crippen LogP contribution in [0.15, 0.2) is 55.2 Å². The van der Waals surface area contributed by atoms with E-state index in [-0.39, 0.29) is 12.5 Å². The second-order valence-corrected chi connectivity index (χ2v) is 8.37. The Bertz CT molecular complexity index is 1570. The third kappa shape index (κ3) is 3.82. The van der Waals surface area contributed by atoms with Crippen LogP contribution in [-0.4, -0.2) is 47.0 Å². The Hall–Kier alpha value is -4.80. The van der Waals surface area contributed by atoms with Crippen LogP contribution in [-0.2, 0) is 17.8 Å². The number of nitrogens with one attached hydrogen (secondary N) is 2. The van der Waals surface area contributed by atoms with Crippen molar-refractivity contribution >= 4 is 34.1 Å². The first-order valence-electron chi connectivity index (χ1n) is 11.2. The molecule has 6 heterocycles. The minimum atomic E-state index is -0.0425. The zero-order valence-electron chi connectivity index (χ0n) is 18.9. The van der Waals surface area contributed by atoms with Crippen molar-refractivity contribution in [3.8, 4) is 16.9 Å². The second kappa shape index (κ2) is 8.20. The van der Waals surface area contributed by atoms with Gasteiger partial charge in [-0.05, 0) is 36.1 Å². The lowest BCUT2D eigenvalue weighted by molar-refractivity contribution is -0.121. The molecule has 6 rings (SSSR count). The van der Waals surface area contributed by atoms with E-state index in [9.17, 15) is 4.79 Å². The van der Waals surface area contributed by atoms with Crippen LogP contribution >= 0.6 is 0 Å². The number of carbonyl (C=O) groups is 1. The average Bonchev–Trinajstić information content (AvgIpc) is 3.46. The fraction of sp³-hybridized carbons (Fsp3) is 0.167. The Labute approximate surface area is 200 Å². The number of fused-ring (bicyclic) bond motifs is 2. The Kier molecular flexibility index (Phi) is 4.87. The van der Waals surface area contributed by atoms with Crippen molar-refractivity contribution in [1.29, 1.82) is 0 Å². The lowest BCUT2D eigenvalue weighted by Gasteiger charge is -2.12. The highest BCUT2D eigenvalue weighted by Crippen LogP contribution is 2.31. The monoisotopic (exact) mass is 466 g/mol. The Morgan fingerprint density at radius 1 is 1.14 bits per heavy atom. The number of carbonyl (C=O) groups excluding carboxylic acids is 1. The van der Waals surface area contributed by atoms with E-state index in [0.29, 0.717) is 29.7 Å². The minimum absolute atomic E-state index is 0.0425. The van der Waals surface area contributed by atoms with Crippen LogP contribution < -0.4 is 16.4 Å². The van der Waals surface area contributed by atoms with Crippen LogP contribution in [0.5, 0.6) is 0 Å². The summed E-state index contributed by atoms with van der Waals surface area (Å²) in [6.45, 7) is 2.82. The number of pyridine rings is 3. The quantitative estimate of drug-likeness (QED) is 0.367. The molecule has 174 valence electrons. The van der Waals surface area contributed by atoms with Gasteiger partial charge in [0.05, 0.1) is 17.6 Å². The number of anilines is 3. The smallest absolute Gasteiger partial charge is 0.241 e. The topological polar surface area (TPSA) is 141 Å². The highest BCUT2D eigenvalue weighted by atomic mass is 16.2. The predicted molar refractivity (Wildman–Crippen MR) is 131 cm³/mol. The molecular weight excluding hydrogens is 444 g/mol. The van der Waals surface area contributed by atoms with Gasteiger partial charge in [-0.15, -0.1) is 0 Å². The first-order valence-corrected chi connectivity index (χ1v) is 11.2. The van der Waals surface area contributed by atoms with Crippen molar-refractivity contribution in [1.82, 2.24) is 39.8 Å². The van der Waals surface area contributed by atoms with E-state index in [4.69, 9.17) is 5.73 Å². The van der Waals surface area contributed by atoms with E-state index in [1.165, 1.54) is 0 Å². The Morgan fingerprint density at radius 3 is 2.91 bits per heavy atom. The summed E-state index contributed by atoms with van der Waals surface area (Å²) in [6.07, 6.45) is 9.59. The van der Waals surface area contributed by atoms with E-state index >= 15 is 0 Å². The molecule has 11 nitrogen and oxygen atoms in total. The number of hydrogen-bond donors (Lipinski definition) is 3. The van der Waals surface area contributed by atoms with Crippen LogP contribution in [0.3, 0.4) is 0 Å². The molecule has 11 heteroatoms. The van der Waals surface area contributed by atoms with Gasteiger partial charge < -0.3 is 16.4 Å². The summed E-state index contributed by atoms with van der Waals surface area (Å²) in [5.41, 5.74) is 10.7. The number of amides is 1. The third-order valence-corrected chi connectivity index (χ3v) is 6.08. The number of nitrogens with zero attached hydrogens (tertiary/aromatic N) is 7. The summed E-state index contributed by atoms with van der Waals surface area (Å²) < 4.78 is 3.49. The predicted octanol–water partition coefficient (Wildman–Crippen LogP) is 2.38. The van der Waals surface area contributed by atoms with Crippen LogP contribution in [0.4, 0.5) is 17.5 Å². The van der Waals surface area contributed by atoms with E-state index in [0.717, 1.165) is 39.7 Å². The van der Waals surface area contributed by atoms with Gasteiger partial charge >= 0.3 is 0 Å². The summed E-state index contributed by atoms with van der Waals surface area (Å²) >= 11 is 0. The fourth-order valence-electron chi connectivity index (χ4n) is 4.30. The summed E-state index contributed by atoms with van der Waals surface area (Å²) in [4.78, 5) is 25.3. The fourth-order valence-corrected chi connectivity index (χ4v) is 4.30. The molecule has 0 unspecified atom stereocenters. The van der Waals surface area contributed by atoms with Crippen molar-refractivity contribution < 1.29 is 4.79 Å². The van der Waals surface area contributed by atoms with E-state index < -0.39 is 0 Å². The summed E-state index contributed by atoms with van der Waals surface area (Å²) in [6, 6.07) is 7.69. The van der Waals surface area contributed by atoms with Crippen molar-refractivity contribution in [3.05, 3.63) is 66.5 Å². The van der Waals surface area contributed by atoms with Gasteiger partial charge in [0.25, 0.3) is 0 Å². The number of hydrogen-bond acceptors (Lipinski definition) is 8. The lowest BCUT2D eigenvalue weighted by Crippen LogP contribution is -2.25. The molecule has 0 saturated carbocycles. The molecule has 1 aliphatic rings. The van der Waals surface area contributed by atoms with Gasteiger partial charge in [0.2, 0.25) is 5.91 Å². The molecule has 5 aromatic rings. The highest BCUT2D eigenvalue weighted by molar-refractivity contribution is 5.95. The van der Waals surface area contributed by atoms with Crippen LogP contribution in [0, 0.1) is 6.92 Å². The number of aromatic nitrogens is 7. The molecular formula is C24H22N10O. The summed E-state index contributed by atoms with van der Waals surface area (Å²) in [5.74, 6) is 1.60. The number of nitrogens with two attached hydrogens (primary N) is 1. The number of nitrogen functional groups attached to an aromatic ring is 1. The molecule has 35 heavy (non-hydrogen) atoms. The summed E-state index contributed by atoms with van der Waals surface area (Å²) in [7, 11) is 0. The molecule has 0 radical (unpaired) electrons. The standard InChI is InChI=1S/C24H22N10O/c1-14-17(10-26-12-20(14)33-6-2-4-29-33)19-7-15-8-21(28-11-18(15)24(25)30-19)31-22-9-16-3-5-27-23(35)13-34(16)32-22/h2,4,6-12H,3,5,13H2,1H3,(H2,25,30)(H,27,35)(H,28,31,32). The molecule has 0 atom stereocenters. The van der Waals surface area contributed by atoms with E-state index in [2.05, 4.69) is 35.8 Å². The van der Waals surface area contributed by atoms with Crippen LogP contribution in [0.25, 0.3) is 27.7 Å². The first-order chi connectivity index (χ1) is 17.0. The lowest BCUT2D eigenvalue weighted by atomic mass is 10.0. The summed E-state index contributed by atoms with van der Waals surface area (Å²) in [5, 5.41) is 16.6. The largest absolute Gasteiger partial charge is 0.383 e. The zero-order chi connectivity index (χ0) is 23.9. The van der Waals surface area contributed by atoms with Gasteiger partial charge in [-0.3, -0.25) is 14.5 Å². The highest BCUT2D eigenvalue weighted by Gasteiger charge is 2.16. The van der Waals surface area contributed by atoms with Crippen LogP contribution in [0.2, 0.25) is 0 Å². The van der Waals surface area contributed by atoms with Gasteiger partial charge in [-0.1, -0.05) is 0 Å². The molecule has 5 aromatic heterocycles. The van der Waals surface area contributed by atoms with Crippen molar-refractivity contribution in [2.24, 2.45) is 0 Å². The van der Waals surface area contributed by atoms with Crippen molar-refractivity contribution in [2.75, 3.05) is 17.6 Å². The van der Waals surface area contributed by atoms with Gasteiger partial charge in [0, 0.05) is 60.5 Å². The van der Waals surface area contributed by atoms with Gasteiger partial charge in [-0.25, -0.2) is 14.6 Å². The molecule has 1 aliphatic heterocycles. The maximum Gasteiger partial charge on any atom is 0.241 e. The van der Waals surface area contributed by atoms with Crippen LogP contribution in [0.1, 0.15) is 11.3 Å². The maximum atomic E-state index is 11.8. The Balaban J connectivity index is 1.36. The van der Waals surface area contributed by atoms with Gasteiger partial charge in [0.1, 0.15) is 18.2 Å². The normalized spacial score (nSPS) is 13.3. The number of rotatable bonds is 4. The molecule has 0 fully saturated rings. The minimum Gasteiger partial charge on any atom is -0.383 e. The van der Waals surface area contributed by atoms with Crippen molar-refractivity contribution in [3.63, 3.8) is 0 Å². The zero-order valence-corrected chi connectivity index (χ0v) is 18.9. The first kappa shape index (κ1) is 20.8. The molecule has 4 N–H and O–H groups in total. The van der Waals surface area contributed by atoms with Gasteiger partial charge in [-0.2, -0.15) is 10.2 Å². The maximum absolute atomic E-state index is 11.8. The second-order valence-electron chi connectivity index (χ2n) is 8.37. The Morgan fingerprint density at radius 2 is 2.06 bits per heavy atom. The molecule has 1 amide bonds. The third-order valence-electron chi connectivity index (χ3n) is 6.08. The molecule has 0 spiro atoms. The van der Waals surface area contributed by atoms with Crippen molar-refractivity contribution in [2.45, 2.75) is 19.9 Å². The SMILES string of the molecule is Cc1c(-c2cc3cc(Nc4cc5n(n4)CC(=O)NCC5)ncc3c(N)n2)cncc1-n1cccn1. The molecule has 0 aliphatic carbocycles. The molecule has 0 bridgehead atoms. The van der Waals surface area contributed by atoms with E-state index in [1.807, 2.05) is 37.4 Å². The molecule has 0 saturated heterocycles. The molecule has 0 aromatic carbocycles. The van der Waals surface area contributed by atoms with Gasteiger partial charge in [0.15, 0.2) is 5.82 Å².